The van der Waals surface area contributed by atoms with Crippen LogP contribution in [0.2, 0.25) is 0 Å². The Labute approximate surface area is 85.4 Å². The minimum atomic E-state index is -0.0891. The van der Waals surface area contributed by atoms with Crippen LogP contribution < -0.4 is 5.32 Å². The molecule has 0 saturated carbocycles. The van der Waals surface area contributed by atoms with Crippen LogP contribution in [-0.4, -0.2) is 22.2 Å². The summed E-state index contributed by atoms with van der Waals surface area (Å²) < 4.78 is 2.40. The predicted octanol–water partition coefficient (Wildman–Crippen LogP) is 1.42. The van der Waals surface area contributed by atoms with Crippen molar-refractivity contribution in [3.63, 3.8) is 0 Å². The van der Waals surface area contributed by atoms with Gasteiger partial charge in [-0.3, -0.25) is 9.48 Å². The van der Waals surface area contributed by atoms with E-state index in [-0.39, 0.29) is 5.91 Å². The summed E-state index contributed by atoms with van der Waals surface area (Å²) in [5, 5.41) is 6.78. The van der Waals surface area contributed by atoms with Crippen molar-refractivity contribution in [3.8, 4) is 0 Å². The Kier molecular flexibility index (Phi) is 3.48. The van der Waals surface area contributed by atoms with Gasteiger partial charge in [-0.25, -0.2) is 0 Å². The summed E-state index contributed by atoms with van der Waals surface area (Å²) in [4.78, 5) is 11.5. The van der Waals surface area contributed by atoms with Gasteiger partial charge in [0, 0.05) is 13.1 Å². The summed E-state index contributed by atoms with van der Waals surface area (Å²) in [5.74, 6) is -0.0891. The molecule has 72 valence electrons. The minimum absolute atomic E-state index is 0.0891. The smallest absolute Gasteiger partial charge is 0.270 e. The van der Waals surface area contributed by atoms with E-state index in [1.165, 1.54) is 0 Å². The van der Waals surface area contributed by atoms with Gasteiger partial charge in [0.15, 0.2) is 0 Å². The maximum absolute atomic E-state index is 11.5. The molecule has 0 bridgehead atoms. The number of carbonyl (C=O) groups excluding carboxylic acids is 1. The highest BCUT2D eigenvalue weighted by Gasteiger charge is 2.14. The van der Waals surface area contributed by atoms with E-state index >= 15 is 0 Å². The fourth-order valence-electron chi connectivity index (χ4n) is 1.07. The minimum Gasteiger partial charge on any atom is -0.351 e. The number of carbonyl (C=O) groups is 1. The van der Waals surface area contributed by atoms with Crippen molar-refractivity contribution in [3.05, 3.63) is 16.4 Å². The zero-order chi connectivity index (χ0) is 9.84. The summed E-state index contributed by atoms with van der Waals surface area (Å²) in [7, 11) is 0. The molecule has 4 nitrogen and oxygen atoms in total. The highest BCUT2D eigenvalue weighted by molar-refractivity contribution is 9.10. The maximum Gasteiger partial charge on any atom is 0.270 e. The van der Waals surface area contributed by atoms with Crippen LogP contribution >= 0.6 is 15.9 Å². The molecule has 13 heavy (non-hydrogen) atoms. The molecule has 1 amide bonds. The van der Waals surface area contributed by atoms with Gasteiger partial charge in [-0.15, -0.1) is 0 Å². The number of hydrogen-bond acceptors (Lipinski definition) is 2. The number of aryl methyl sites for hydroxylation is 1. The SMILES string of the molecule is CCNC(=O)c1c(Br)cnn1CC. The first kappa shape index (κ1) is 10.2. The molecule has 0 spiro atoms. The van der Waals surface area contributed by atoms with Gasteiger partial charge in [0.2, 0.25) is 0 Å². The van der Waals surface area contributed by atoms with Crippen LogP contribution in [0.25, 0.3) is 0 Å². The lowest BCUT2D eigenvalue weighted by Gasteiger charge is -2.04. The van der Waals surface area contributed by atoms with E-state index in [4.69, 9.17) is 0 Å². The normalized spacial score (nSPS) is 10.1. The van der Waals surface area contributed by atoms with Gasteiger partial charge in [-0.05, 0) is 29.8 Å². The van der Waals surface area contributed by atoms with Crippen LogP contribution in [0.5, 0.6) is 0 Å². The Morgan fingerprint density at radius 2 is 2.38 bits per heavy atom. The molecule has 0 aliphatic rings. The van der Waals surface area contributed by atoms with Gasteiger partial charge in [0.05, 0.1) is 10.7 Å². The van der Waals surface area contributed by atoms with Gasteiger partial charge in [0.25, 0.3) is 5.91 Å². The van der Waals surface area contributed by atoms with Crippen LogP contribution in [-0.2, 0) is 6.54 Å². The Morgan fingerprint density at radius 3 is 2.92 bits per heavy atom. The molecule has 1 heterocycles. The average molecular weight is 246 g/mol. The molecule has 1 N–H and O–H groups in total. The van der Waals surface area contributed by atoms with Gasteiger partial charge in [0.1, 0.15) is 5.69 Å². The molecule has 0 atom stereocenters. The highest BCUT2D eigenvalue weighted by atomic mass is 79.9. The molecule has 0 unspecified atom stereocenters. The molecule has 0 aliphatic heterocycles. The Hall–Kier alpha value is -0.840. The molecule has 0 aliphatic carbocycles. The monoisotopic (exact) mass is 245 g/mol. The average Bonchev–Trinajstić information content (AvgIpc) is 2.47. The topological polar surface area (TPSA) is 46.9 Å². The predicted molar refractivity (Wildman–Crippen MR) is 53.6 cm³/mol. The van der Waals surface area contributed by atoms with Crippen LogP contribution in [0.3, 0.4) is 0 Å². The standard InChI is InChI=1S/C8H12BrN3O/c1-3-10-8(13)7-6(9)5-11-12(7)4-2/h5H,3-4H2,1-2H3,(H,10,13). The Balaban J connectivity index is 2.96. The second-order valence-corrected chi connectivity index (χ2v) is 3.37. The van der Waals surface area contributed by atoms with Crippen molar-refractivity contribution >= 4 is 21.8 Å². The van der Waals surface area contributed by atoms with Crippen LogP contribution in [0.4, 0.5) is 0 Å². The zero-order valence-corrected chi connectivity index (χ0v) is 9.26. The van der Waals surface area contributed by atoms with Crippen LogP contribution in [0.15, 0.2) is 10.7 Å². The summed E-state index contributed by atoms with van der Waals surface area (Å²) in [6, 6.07) is 0. The lowest BCUT2D eigenvalue weighted by molar-refractivity contribution is 0.0944. The summed E-state index contributed by atoms with van der Waals surface area (Å²) >= 11 is 3.28. The van der Waals surface area contributed by atoms with E-state index in [2.05, 4.69) is 26.3 Å². The van der Waals surface area contributed by atoms with E-state index in [1.54, 1.807) is 10.9 Å². The van der Waals surface area contributed by atoms with E-state index in [0.29, 0.717) is 18.8 Å². The van der Waals surface area contributed by atoms with Gasteiger partial charge < -0.3 is 5.32 Å². The van der Waals surface area contributed by atoms with Gasteiger partial charge in [-0.2, -0.15) is 5.10 Å². The number of hydrogen-bond donors (Lipinski definition) is 1. The lowest BCUT2D eigenvalue weighted by Crippen LogP contribution is -2.26. The van der Waals surface area contributed by atoms with Crippen molar-refractivity contribution in [1.82, 2.24) is 15.1 Å². The number of rotatable bonds is 3. The fourth-order valence-corrected chi connectivity index (χ4v) is 1.55. The second kappa shape index (κ2) is 4.41. The lowest BCUT2D eigenvalue weighted by atomic mass is 10.4. The Morgan fingerprint density at radius 1 is 1.69 bits per heavy atom. The number of amides is 1. The van der Waals surface area contributed by atoms with Crippen molar-refractivity contribution in [2.45, 2.75) is 20.4 Å². The van der Waals surface area contributed by atoms with Gasteiger partial charge in [-0.1, -0.05) is 0 Å². The molecule has 0 fully saturated rings. The van der Waals surface area contributed by atoms with Crippen molar-refractivity contribution in [2.24, 2.45) is 0 Å². The molecular formula is C8H12BrN3O. The van der Waals surface area contributed by atoms with E-state index in [9.17, 15) is 4.79 Å². The van der Waals surface area contributed by atoms with E-state index in [0.717, 1.165) is 4.47 Å². The highest BCUT2D eigenvalue weighted by Crippen LogP contribution is 2.15. The molecule has 0 saturated heterocycles. The first-order chi connectivity index (χ1) is 6.20. The molecule has 0 radical (unpaired) electrons. The van der Waals surface area contributed by atoms with Crippen LogP contribution in [0.1, 0.15) is 24.3 Å². The van der Waals surface area contributed by atoms with Crippen molar-refractivity contribution in [1.29, 1.82) is 0 Å². The van der Waals surface area contributed by atoms with Gasteiger partial charge >= 0.3 is 0 Å². The molecule has 1 rings (SSSR count). The molecular weight excluding hydrogens is 234 g/mol. The van der Waals surface area contributed by atoms with Crippen LogP contribution in [0, 0.1) is 0 Å². The third-order valence-corrected chi connectivity index (χ3v) is 2.23. The fraction of sp³-hybridized carbons (Fsp3) is 0.500. The first-order valence-corrected chi connectivity index (χ1v) is 4.99. The third kappa shape index (κ3) is 2.09. The number of aromatic nitrogens is 2. The molecule has 5 heteroatoms. The summed E-state index contributed by atoms with van der Waals surface area (Å²) in [6.07, 6.45) is 1.63. The quantitative estimate of drug-likeness (QED) is 0.876. The molecule has 1 aromatic rings. The van der Waals surface area contributed by atoms with E-state index < -0.39 is 0 Å². The number of halogens is 1. The van der Waals surface area contributed by atoms with E-state index in [1.807, 2.05) is 13.8 Å². The Bertz CT molecular complexity index is 308. The third-order valence-electron chi connectivity index (χ3n) is 1.65. The summed E-state index contributed by atoms with van der Waals surface area (Å²) in [6.45, 7) is 5.15. The largest absolute Gasteiger partial charge is 0.351 e. The number of nitrogens with one attached hydrogen (secondary N) is 1. The van der Waals surface area contributed by atoms with Crippen molar-refractivity contribution in [2.75, 3.05) is 6.54 Å². The summed E-state index contributed by atoms with van der Waals surface area (Å²) in [5.41, 5.74) is 0.587. The number of nitrogens with zero attached hydrogens (tertiary/aromatic N) is 2. The molecule has 0 aromatic carbocycles. The maximum atomic E-state index is 11.5. The zero-order valence-electron chi connectivity index (χ0n) is 7.67. The van der Waals surface area contributed by atoms with Crippen molar-refractivity contribution < 1.29 is 4.79 Å². The second-order valence-electron chi connectivity index (χ2n) is 2.52. The molecule has 1 aromatic heterocycles. The first-order valence-electron chi connectivity index (χ1n) is 4.20.